The first-order valence-electron chi connectivity index (χ1n) is 4.33. The third-order valence-corrected chi connectivity index (χ3v) is 1.60. The van der Waals surface area contributed by atoms with Crippen LogP contribution in [0.2, 0.25) is 0 Å². The predicted octanol–water partition coefficient (Wildman–Crippen LogP) is 2.73. The van der Waals surface area contributed by atoms with Crippen molar-refractivity contribution in [2.75, 3.05) is 0 Å². The van der Waals surface area contributed by atoms with Crippen LogP contribution in [-0.2, 0) is 4.79 Å². The van der Waals surface area contributed by atoms with Gasteiger partial charge in [0.05, 0.1) is 0 Å². The van der Waals surface area contributed by atoms with Gasteiger partial charge in [0, 0.05) is 6.08 Å². The average molecular weight is 188 g/mol. The van der Waals surface area contributed by atoms with Gasteiger partial charge >= 0.3 is 0 Å². The number of benzene rings is 1. The zero-order chi connectivity index (χ0) is 10.4. The van der Waals surface area contributed by atoms with Gasteiger partial charge in [-0.3, -0.25) is 4.79 Å². The lowest BCUT2D eigenvalue weighted by Crippen LogP contribution is -1.84. The maximum Gasteiger partial charge on any atom is 0.156 e. The topological polar surface area (TPSA) is 37.3 Å². The Bertz CT molecular complexity index is 361. The van der Waals surface area contributed by atoms with Gasteiger partial charge < -0.3 is 5.11 Å². The molecule has 0 unspecified atom stereocenters. The normalized spacial score (nSPS) is 11.9. The second-order valence-corrected chi connectivity index (χ2v) is 2.92. The highest BCUT2D eigenvalue weighted by Gasteiger charge is 1.89. The lowest BCUT2D eigenvalue weighted by Gasteiger charge is -1.91. The Morgan fingerprint density at radius 2 is 1.93 bits per heavy atom. The Kier molecular flexibility index (Phi) is 3.68. The lowest BCUT2D eigenvalue weighted by molar-refractivity contribution is -0.112. The SMILES string of the molecule is CC(=O)/C=C(O)/C=C/c1ccccc1. The number of rotatable bonds is 3. The molecule has 14 heavy (non-hydrogen) atoms. The summed E-state index contributed by atoms with van der Waals surface area (Å²) >= 11 is 0. The number of carbonyl (C=O) groups is 1. The molecule has 0 aliphatic carbocycles. The average Bonchev–Trinajstić information content (AvgIpc) is 2.15. The van der Waals surface area contributed by atoms with E-state index in [-0.39, 0.29) is 11.5 Å². The zero-order valence-corrected chi connectivity index (χ0v) is 7.97. The number of aliphatic hydroxyl groups is 1. The van der Waals surface area contributed by atoms with Crippen LogP contribution in [0.15, 0.2) is 48.2 Å². The van der Waals surface area contributed by atoms with Gasteiger partial charge in [0.2, 0.25) is 0 Å². The minimum Gasteiger partial charge on any atom is -0.508 e. The van der Waals surface area contributed by atoms with E-state index in [1.165, 1.54) is 19.1 Å². The number of aliphatic hydroxyl groups excluding tert-OH is 1. The molecule has 0 aromatic heterocycles. The molecule has 0 bridgehead atoms. The molecule has 2 nitrogen and oxygen atoms in total. The minimum absolute atomic E-state index is 0.0265. The van der Waals surface area contributed by atoms with Crippen molar-refractivity contribution < 1.29 is 9.90 Å². The van der Waals surface area contributed by atoms with Crippen LogP contribution in [0.3, 0.4) is 0 Å². The van der Waals surface area contributed by atoms with Crippen LogP contribution < -0.4 is 0 Å². The van der Waals surface area contributed by atoms with Crippen LogP contribution in [0.5, 0.6) is 0 Å². The Balaban J connectivity index is 2.70. The molecule has 1 aromatic rings. The molecule has 0 atom stereocenters. The van der Waals surface area contributed by atoms with E-state index in [2.05, 4.69) is 0 Å². The van der Waals surface area contributed by atoms with Crippen LogP contribution in [0, 0.1) is 0 Å². The molecular weight excluding hydrogens is 176 g/mol. The molecule has 2 heteroatoms. The van der Waals surface area contributed by atoms with Crippen LogP contribution >= 0.6 is 0 Å². The molecule has 1 N–H and O–H groups in total. The Morgan fingerprint density at radius 1 is 1.29 bits per heavy atom. The van der Waals surface area contributed by atoms with Gasteiger partial charge in [-0.2, -0.15) is 0 Å². The van der Waals surface area contributed by atoms with E-state index in [1.54, 1.807) is 6.08 Å². The minimum atomic E-state index is -0.166. The Morgan fingerprint density at radius 3 is 2.50 bits per heavy atom. The summed E-state index contributed by atoms with van der Waals surface area (Å²) < 4.78 is 0. The second-order valence-electron chi connectivity index (χ2n) is 2.92. The van der Waals surface area contributed by atoms with Crippen molar-refractivity contribution in [1.82, 2.24) is 0 Å². The van der Waals surface area contributed by atoms with E-state index in [0.717, 1.165) is 5.56 Å². The van der Waals surface area contributed by atoms with Gasteiger partial charge in [-0.15, -0.1) is 0 Å². The molecule has 0 radical (unpaired) electrons. The van der Waals surface area contributed by atoms with Gasteiger partial charge in [-0.25, -0.2) is 0 Å². The van der Waals surface area contributed by atoms with E-state index in [1.807, 2.05) is 30.3 Å². The first kappa shape index (κ1) is 10.3. The molecule has 72 valence electrons. The summed E-state index contributed by atoms with van der Waals surface area (Å²) in [4.78, 5) is 10.6. The summed E-state index contributed by atoms with van der Waals surface area (Å²) in [6.07, 6.45) is 4.42. The van der Waals surface area contributed by atoms with Gasteiger partial charge in [-0.05, 0) is 18.6 Å². The van der Waals surface area contributed by atoms with Gasteiger partial charge in [0.15, 0.2) is 5.78 Å². The molecule has 0 saturated carbocycles. The standard InChI is InChI=1S/C12H12O2/c1-10(13)9-12(14)8-7-11-5-3-2-4-6-11/h2-9,14H,1H3/b8-7+,12-9-. The van der Waals surface area contributed by atoms with Crippen molar-refractivity contribution in [3.63, 3.8) is 0 Å². The van der Waals surface area contributed by atoms with Crippen LogP contribution in [0.4, 0.5) is 0 Å². The molecule has 1 aromatic carbocycles. The fourth-order valence-corrected chi connectivity index (χ4v) is 1.00. The first-order valence-corrected chi connectivity index (χ1v) is 4.33. The molecule has 0 amide bonds. The van der Waals surface area contributed by atoms with Crippen molar-refractivity contribution in [3.05, 3.63) is 53.8 Å². The summed E-state index contributed by atoms with van der Waals surface area (Å²) in [6, 6.07) is 9.56. The number of hydrogen-bond donors (Lipinski definition) is 1. The van der Waals surface area contributed by atoms with Crippen molar-refractivity contribution in [1.29, 1.82) is 0 Å². The lowest BCUT2D eigenvalue weighted by atomic mass is 10.2. The highest BCUT2D eigenvalue weighted by molar-refractivity contribution is 5.88. The predicted molar refractivity (Wildman–Crippen MR) is 56.9 cm³/mol. The Hall–Kier alpha value is -1.83. The zero-order valence-electron chi connectivity index (χ0n) is 7.97. The van der Waals surface area contributed by atoms with E-state index in [0.29, 0.717) is 0 Å². The summed E-state index contributed by atoms with van der Waals surface area (Å²) in [6.45, 7) is 1.40. The van der Waals surface area contributed by atoms with Crippen LogP contribution in [0.25, 0.3) is 6.08 Å². The molecule has 0 saturated heterocycles. The van der Waals surface area contributed by atoms with Crippen molar-refractivity contribution in [3.8, 4) is 0 Å². The van der Waals surface area contributed by atoms with E-state index in [4.69, 9.17) is 0 Å². The molecular formula is C12H12O2. The summed E-state index contributed by atoms with van der Waals surface area (Å²) in [5.41, 5.74) is 0.982. The fourth-order valence-electron chi connectivity index (χ4n) is 1.00. The Labute approximate surface area is 83.2 Å². The molecule has 1 rings (SSSR count). The maximum atomic E-state index is 10.6. The monoisotopic (exact) mass is 188 g/mol. The largest absolute Gasteiger partial charge is 0.508 e. The highest BCUT2D eigenvalue weighted by atomic mass is 16.3. The number of allylic oxidation sites excluding steroid dienone is 2. The molecule has 0 spiro atoms. The van der Waals surface area contributed by atoms with E-state index >= 15 is 0 Å². The summed E-state index contributed by atoms with van der Waals surface area (Å²) in [5.74, 6) is -0.193. The van der Waals surface area contributed by atoms with Crippen LogP contribution in [0.1, 0.15) is 12.5 Å². The number of hydrogen-bond acceptors (Lipinski definition) is 2. The third kappa shape index (κ3) is 3.72. The van der Waals surface area contributed by atoms with Crippen molar-refractivity contribution in [2.45, 2.75) is 6.92 Å². The van der Waals surface area contributed by atoms with Gasteiger partial charge in [-0.1, -0.05) is 36.4 Å². The smallest absolute Gasteiger partial charge is 0.156 e. The number of ketones is 1. The van der Waals surface area contributed by atoms with E-state index < -0.39 is 0 Å². The quantitative estimate of drug-likeness (QED) is 0.450. The van der Waals surface area contributed by atoms with E-state index in [9.17, 15) is 9.90 Å². The third-order valence-electron chi connectivity index (χ3n) is 1.60. The molecule has 0 aliphatic rings. The summed E-state index contributed by atoms with van der Waals surface area (Å²) in [7, 11) is 0. The number of carbonyl (C=O) groups excluding carboxylic acids is 1. The van der Waals surface area contributed by atoms with Gasteiger partial charge in [0.1, 0.15) is 5.76 Å². The summed E-state index contributed by atoms with van der Waals surface area (Å²) in [5, 5.41) is 9.23. The highest BCUT2D eigenvalue weighted by Crippen LogP contribution is 2.03. The fraction of sp³-hybridized carbons (Fsp3) is 0.0833. The molecule has 0 fully saturated rings. The second kappa shape index (κ2) is 5.02. The van der Waals surface area contributed by atoms with Crippen molar-refractivity contribution >= 4 is 11.9 Å². The first-order chi connectivity index (χ1) is 6.68. The molecule has 0 heterocycles. The molecule has 0 aliphatic heterocycles. The van der Waals surface area contributed by atoms with Gasteiger partial charge in [0.25, 0.3) is 0 Å². The van der Waals surface area contributed by atoms with Crippen molar-refractivity contribution in [2.24, 2.45) is 0 Å². The van der Waals surface area contributed by atoms with Crippen LogP contribution in [-0.4, -0.2) is 10.9 Å². The maximum absolute atomic E-state index is 10.6.